The van der Waals surface area contributed by atoms with Gasteiger partial charge in [0.1, 0.15) is 18.0 Å². The van der Waals surface area contributed by atoms with Crippen molar-refractivity contribution in [2.75, 3.05) is 36.5 Å². The normalized spacial score (nSPS) is 19.4. The molecule has 2 fully saturated rings. The number of rotatable bonds is 3. The van der Waals surface area contributed by atoms with Crippen LogP contribution < -0.4 is 10.2 Å². The molecule has 0 unspecified atom stereocenters. The summed E-state index contributed by atoms with van der Waals surface area (Å²) in [4.78, 5) is 11.1. The van der Waals surface area contributed by atoms with Gasteiger partial charge in [-0.05, 0) is 25.0 Å². The Labute approximate surface area is 148 Å². The summed E-state index contributed by atoms with van der Waals surface area (Å²) in [6.07, 6.45) is 3.37. The van der Waals surface area contributed by atoms with Gasteiger partial charge in [-0.25, -0.2) is 9.97 Å². The molecule has 0 radical (unpaired) electrons. The van der Waals surface area contributed by atoms with E-state index in [0.717, 1.165) is 43.3 Å². The SMILES string of the molecule is Cc1cccc(C)c1Nc1cc(N2CCC3(CC2)OCCO3)ncn1. The van der Waals surface area contributed by atoms with Gasteiger partial charge in [0.05, 0.1) is 13.2 Å². The number of anilines is 3. The number of aryl methyl sites for hydroxylation is 2. The Morgan fingerprint density at radius 2 is 1.72 bits per heavy atom. The molecule has 2 aromatic rings. The third-order valence-electron chi connectivity index (χ3n) is 5.05. The van der Waals surface area contributed by atoms with E-state index < -0.39 is 0 Å². The van der Waals surface area contributed by atoms with Crippen LogP contribution in [-0.4, -0.2) is 42.1 Å². The van der Waals surface area contributed by atoms with Crippen LogP contribution in [0.3, 0.4) is 0 Å². The van der Waals surface area contributed by atoms with Crippen molar-refractivity contribution in [1.82, 2.24) is 9.97 Å². The van der Waals surface area contributed by atoms with Gasteiger partial charge in [-0.15, -0.1) is 0 Å². The zero-order valence-electron chi connectivity index (χ0n) is 14.8. The molecular weight excluding hydrogens is 316 g/mol. The van der Waals surface area contributed by atoms with Crippen molar-refractivity contribution in [3.63, 3.8) is 0 Å². The van der Waals surface area contributed by atoms with Crippen LogP contribution in [0.25, 0.3) is 0 Å². The van der Waals surface area contributed by atoms with Crippen LogP contribution in [-0.2, 0) is 9.47 Å². The van der Waals surface area contributed by atoms with Crippen molar-refractivity contribution in [2.24, 2.45) is 0 Å². The molecule has 6 heteroatoms. The van der Waals surface area contributed by atoms with E-state index in [9.17, 15) is 0 Å². The minimum absolute atomic E-state index is 0.358. The van der Waals surface area contributed by atoms with Crippen LogP contribution in [0.1, 0.15) is 24.0 Å². The first-order valence-corrected chi connectivity index (χ1v) is 8.83. The lowest BCUT2D eigenvalue weighted by atomic mass is 10.0. The standard InChI is InChI=1S/C19H24N4O2/c1-14-4-3-5-15(2)18(14)22-16-12-17(21-13-20-16)23-8-6-19(7-9-23)24-10-11-25-19/h3-5,12-13H,6-11H2,1-2H3,(H,20,21,22). The number of nitrogens with zero attached hydrogens (tertiary/aromatic N) is 3. The molecule has 2 aliphatic rings. The average Bonchev–Trinajstić information content (AvgIpc) is 3.07. The van der Waals surface area contributed by atoms with Crippen LogP contribution in [0.5, 0.6) is 0 Å². The van der Waals surface area contributed by atoms with E-state index in [1.54, 1.807) is 6.33 Å². The molecule has 132 valence electrons. The van der Waals surface area contributed by atoms with Crippen LogP contribution in [0, 0.1) is 13.8 Å². The lowest BCUT2D eigenvalue weighted by Crippen LogP contribution is -2.45. The maximum atomic E-state index is 5.80. The van der Waals surface area contributed by atoms with E-state index in [1.807, 2.05) is 6.07 Å². The van der Waals surface area contributed by atoms with Crippen molar-refractivity contribution in [3.8, 4) is 0 Å². The largest absolute Gasteiger partial charge is 0.356 e. The van der Waals surface area contributed by atoms with Crippen LogP contribution in [0.2, 0.25) is 0 Å². The fourth-order valence-corrected chi connectivity index (χ4v) is 3.59. The maximum Gasteiger partial charge on any atom is 0.171 e. The Morgan fingerprint density at radius 1 is 1.04 bits per heavy atom. The van der Waals surface area contributed by atoms with Crippen molar-refractivity contribution in [2.45, 2.75) is 32.5 Å². The minimum atomic E-state index is -0.358. The molecule has 25 heavy (non-hydrogen) atoms. The van der Waals surface area contributed by atoms with Crippen LogP contribution >= 0.6 is 0 Å². The van der Waals surface area contributed by atoms with Gasteiger partial charge in [-0.2, -0.15) is 0 Å². The van der Waals surface area contributed by atoms with Gasteiger partial charge in [0.25, 0.3) is 0 Å². The smallest absolute Gasteiger partial charge is 0.171 e. The Balaban J connectivity index is 1.48. The highest BCUT2D eigenvalue weighted by Gasteiger charge is 2.40. The molecule has 1 spiro atoms. The lowest BCUT2D eigenvalue weighted by Gasteiger charge is -2.38. The topological polar surface area (TPSA) is 59.5 Å². The van der Waals surface area contributed by atoms with E-state index in [0.29, 0.717) is 13.2 Å². The molecule has 3 heterocycles. The lowest BCUT2D eigenvalue weighted by molar-refractivity contribution is -0.169. The second kappa shape index (κ2) is 6.61. The average molecular weight is 340 g/mol. The van der Waals surface area contributed by atoms with Crippen molar-refractivity contribution in [3.05, 3.63) is 41.7 Å². The summed E-state index contributed by atoms with van der Waals surface area (Å²) in [7, 11) is 0. The molecular formula is C19H24N4O2. The van der Waals surface area contributed by atoms with E-state index in [2.05, 4.69) is 52.2 Å². The summed E-state index contributed by atoms with van der Waals surface area (Å²) in [6.45, 7) is 7.36. The molecule has 1 aromatic heterocycles. The second-order valence-corrected chi connectivity index (χ2v) is 6.75. The molecule has 4 rings (SSSR count). The van der Waals surface area contributed by atoms with E-state index in [4.69, 9.17) is 9.47 Å². The number of para-hydroxylation sites is 1. The van der Waals surface area contributed by atoms with Gasteiger partial charge in [0.2, 0.25) is 0 Å². The maximum absolute atomic E-state index is 5.80. The molecule has 0 bridgehead atoms. The summed E-state index contributed by atoms with van der Waals surface area (Å²) in [5, 5.41) is 3.44. The number of ether oxygens (including phenoxy) is 2. The Hall–Kier alpha value is -2.18. The van der Waals surface area contributed by atoms with Gasteiger partial charge in [0.15, 0.2) is 5.79 Å². The first-order chi connectivity index (χ1) is 12.2. The molecule has 0 atom stereocenters. The first kappa shape index (κ1) is 16.3. The van der Waals surface area contributed by atoms with E-state index >= 15 is 0 Å². The number of benzene rings is 1. The monoisotopic (exact) mass is 340 g/mol. The number of hydrogen-bond donors (Lipinski definition) is 1. The van der Waals surface area contributed by atoms with Gasteiger partial charge < -0.3 is 19.7 Å². The third-order valence-corrected chi connectivity index (χ3v) is 5.05. The van der Waals surface area contributed by atoms with Gasteiger partial charge in [-0.3, -0.25) is 0 Å². The summed E-state index contributed by atoms with van der Waals surface area (Å²) in [5.41, 5.74) is 3.52. The fourth-order valence-electron chi connectivity index (χ4n) is 3.59. The molecule has 0 saturated carbocycles. The predicted molar refractivity (Wildman–Crippen MR) is 97.3 cm³/mol. The highest BCUT2D eigenvalue weighted by atomic mass is 16.7. The Morgan fingerprint density at radius 3 is 2.40 bits per heavy atom. The number of hydrogen-bond acceptors (Lipinski definition) is 6. The molecule has 0 aliphatic carbocycles. The quantitative estimate of drug-likeness (QED) is 0.926. The van der Waals surface area contributed by atoms with Crippen LogP contribution in [0.15, 0.2) is 30.6 Å². The predicted octanol–water partition coefficient (Wildman–Crippen LogP) is 3.18. The summed E-state index contributed by atoms with van der Waals surface area (Å²) in [6, 6.07) is 8.28. The zero-order chi connectivity index (χ0) is 17.3. The summed E-state index contributed by atoms with van der Waals surface area (Å²) >= 11 is 0. The van der Waals surface area contributed by atoms with Gasteiger partial charge in [-0.1, -0.05) is 18.2 Å². The zero-order valence-corrected chi connectivity index (χ0v) is 14.8. The molecule has 2 saturated heterocycles. The van der Waals surface area contributed by atoms with Gasteiger partial charge >= 0.3 is 0 Å². The fraction of sp³-hybridized carbons (Fsp3) is 0.474. The third kappa shape index (κ3) is 3.32. The molecule has 1 N–H and O–H groups in total. The van der Waals surface area contributed by atoms with Crippen molar-refractivity contribution in [1.29, 1.82) is 0 Å². The van der Waals surface area contributed by atoms with Crippen LogP contribution in [0.4, 0.5) is 17.3 Å². The molecule has 2 aliphatic heterocycles. The van der Waals surface area contributed by atoms with E-state index in [1.165, 1.54) is 11.1 Å². The van der Waals surface area contributed by atoms with Crippen molar-refractivity contribution < 1.29 is 9.47 Å². The summed E-state index contributed by atoms with van der Waals surface area (Å²) in [5.74, 6) is 1.40. The number of piperidine rings is 1. The minimum Gasteiger partial charge on any atom is -0.356 e. The highest BCUT2D eigenvalue weighted by Crippen LogP contribution is 2.33. The first-order valence-electron chi connectivity index (χ1n) is 8.83. The van der Waals surface area contributed by atoms with E-state index in [-0.39, 0.29) is 5.79 Å². The Kier molecular flexibility index (Phi) is 4.31. The molecule has 1 aromatic carbocycles. The summed E-state index contributed by atoms with van der Waals surface area (Å²) < 4.78 is 11.6. The molecule has 0 amide bonds. The van der Waals surface area contributed by atoms with Crippen molar-refractivity contribution >= 4 is 17.3 Å². The number of aromatic nitrogens is 2. The molecule has 6 nitrogen and oxygen atoms in total. The number of nitrogens with one attached hydrogen (secondary N) is 1. The Bertz CT molecular complexity index is 729. The second-order valence-electron chi connectivity index (χ2n) is 6.75. The van der Waals surface area contributed by atoms with Gasteiger partial charge in [0, 0.05) is 37.7 Å². The highest BCUT2D eigenvalue weighted by molar-refractivity contribution is 5.65.